The van der Waals surface area contributed by atoms with Crippen molar-refractivity contribution in [3.63, 3.8) is 0 Å². The van der Waals surface area contributed by atoms with Crippen molar-refractivity contribution in [2.45, 2.75) is 25.5 Å². The lowest BCUT2D eigenvalue weighted by Gasteiger charge is -2.38. The van der Waals surface area contributed by atoms with Crippen molar-refractivity contribution in [1.29, 1.82) is 0 Å². The standard InChI is InChI=1S/C18H18F2N2O2/c19-13-2-1-3-14(20)17(13)16-12(9-23)5-15-11-4-10(6-21-7-11)8-22(15)18(16)24/h1-3,5,10-11,21,23H,4,6-9H2. The SMILES string of the molecule is O=c1c(-c2c(F)cccc2F)c(CO)cc2n1CC1CNCC2C1. The molecule has 6 heteroatoms. The second-order valence-electron chi connectivity index (χ2n) is 6.60. The highest BCUT2D eigenvalue weighted by molar-refractivity contribution is 5.68. The molecule has 0 spiro atoms. The van der Waals surface area contributed by atoms with E-state index >= 15 is 0 Å². The van der Waals surface area contributed by atoms with Gasteiger partial charge in [0.15, 0.2) is 0 Å². The Bertz CT molecular complexity index is 843. The van der Waals surface area contributed by atoms with Crippen LogP contribution in [0.2, 0.25) is 0 Å². The lowest BCUT2D eigenvalue weighted by molar-refractivity contribution is 0.253. The summed E-state index contributed by atoms with van der Waals surface area (Å²) in [4.78, 5) is 13.0. The van der Waals surface area contributed by atoms with Gasteiger partial charge in [-0.15, -0.1) is 0 Å². The summed E-state index contributed by atoms with van der Waals surface area (Å²) in [5.74, 6) is -1.05. The van der Waals surface area contributed by atoms with Crippen LogP contribution in [0.15, 0.2) is 29.1 Å². The summed E-state index contributed by atoms with van der Waals surface area (Å²) in [5.41, 5.74) is 0.282. The third-order valence-corrected chi connectivity index (χ3v) is 5.10. The molecule has 0 radical (unpaired) electrons. The molecule has 2 aromatic rings. The van der Waals surface area contributed by atoms with Crippen molar-refractivity contribution >= 4 is 0 Å². The molecule has 0 saturated carbocycles. The average molecular weight is 332 g/mol. The summed E-state index contributed by atoms with van der Waals surface area (Å²) in [5, 5.41) is 13.1. The lowest BCUT2D eigenvalue weighted by atomic mass is 9.83. The molecule has 126 valence electrons. The van der Waals surface area contributed by atoms with Gasteiger partial charge in [-0.2, -0.15) is 0 Å². The van der Waals surface area contributed by atoms with Crippen molar-refractivity contribution < 1.29 is 13.9 Å². The first-order valence-corrected chi connectivity index (χ1v) is 8.12. The number of halogens is 2. The third kappa shape index (κ3) is 2.29. The van der Waals surface area contributed by atoms with Crippen LogP contribution in [0.5, 0.6) is 0 Å². The number of benzene rings is 1. The quantitative estimate of drug-likeness (QED) is 0.884. The fourth-order valence-corrected chi connectivity index (χ4v) is 4.03. The van der Waals surface area contributed by atoms with Gasteiger partial charge >= 0.3 is 0 Å². The number of nitrogens with one attached hydrogen (secondary N) is 1. The molecule has 24 heavy (non-hydrogen) atoms. The molecule has 0 aliphatic carbocycles. The average Bonchev–Trinajstić information content (AvgIpc) is 2.57. The molecule has 4 nitrogen and oxygen atoms in total. The molecule has 2 bridgehead atoms. The molecule has 1 aromatic carbocycles. The molecule has 2 aliphatic heterocycles. The van der Waals surface area contributed by atoms with Crippen LogP contribution < -0.4 is 10.9 Å². The van der Waals surface area contributed by atoms with Gasteiger partial charge in [0, 0.05) is 24.7 Å². The Morgan fingerprint density at radius 3 is 2.67 bits per heavy atom. The predicted octanol–water partition coefficient (Wildman–Crippen LogP) is 1.99. The molecule has 2 unspecified atom stereocenters. The predicted molar refractivity (Wildman–Crippen MR) is 85.7 cm³/mol. The second-order valence-corrected chi connectivity index (χ2v) is 6.60. The van der Waals surface area contributed by atoms with Crippen molar-refractivity contribution in [2.24, 2.45) is 5.92 Å². The van der Waals surface area contributed by atoms with Crippen LogP contribution >= 0.6 is 0 Å². The zero-order valence-corrected chi connectivity index (χ0v) is 13.1. The first-order chi connectivity index (χ1) is 11.6. The molecule has 3 heterocycles. The third-order valence-electron chi connectivity index (χ3n) is 5.10. The molecule has 2 atom stereocenters. The number of fused-ring (bicyclic) bond motifs is 4. The van der Waals surface area contributed by atoms with E-state index in [0.717, 1.165) is 37.3 Å². The number of hydrogen-bond acceptors (Lipinski definition) is 3. The van der Waals surface area contributed by atoms with E-state index in [9.17, 15) is 18.7 Å². The highest BCUT2D eigenvalue weighted by Crippen LogP contribution is 2.35. The number of pyridine rings is 1. The van der Waals surface area contributed by atoms with Crippen LogP contribution in [0, 0.1) is 17.6 Å². The maximum Gasteiger partial charge on any atom is 0.259 e. The maximum atomic E-state index is 14.2. The van der Waals surface area contributed by atoms with Gasteiger partial charge in [0.1, 0.15) is 11.6 Å². The summed E-state index contributed by atoms with van der Waals surface area (Å²) in [6.45, 7) is 1.71. The number of aromatic nitrogens is 1. The van der Waals surface area contributed by atoms with Gasteiger partial charge < -0.3 is 15.0 Å². The number of aliphatic hydroxyl groups is 1. The Kier molecular flexibility index (Phi) is 3.73. The molecule has 1 aromatic heterocycles. The van der Waals surface area contributed by atoms with Crippen LogP contribution in [-0.4, -0.2) is 22.8 Å². The summed E-state index contributed by atoms with van der Waals surface area (Å²) in [6.07, 6.45) is 0.991. The van der Waals surface area contributed by atoms with E-state index in [1.54, 1.807) is 10.6 Å². The minimum Gasteiger partial charge on any atom is -0.392 e. The van der Waals surface area contributed by atoms with Crippen molar-refractivity contribution in [3.05, 3.63) is 57.5 Å². The van der Waals surface area contributed by atoms with Crippen LogP contribution in [0.3, 0.4) is 0 Å². The van der Waals surface area contributed by atoms with Crippen LogP contribution in [0.1, 0.15) is 23.6 Å². The molecule has 1 saturated heterocycles. The fraction of sp³-hybridized carbons (Fsp3) is 0.389. The second kappa shape index (κ2) is 5.79. The van der Waals surface area contributed by atoms with E-state index in [4.69, 9.17) is 0 Å². The summed E-state index contributed by atoms with van der Waals surface area (Å²) in [7, 11) is 0. The first kappa shape index (κ1) is 15.5. The molecule has 2 aliphatic rings. The van der Waals surface area contributed by atoms with Gasteiger partial charge in [0.05, 0.1) is 17.7 Å². The Morgan fingerprint density at radius 2 is 1.96 bits per heavy atom. The Hall–Kier alpha value is -2.05. The largest absolute Gasteiger partial charge is 0.392 e. The molecular formula is C18H18F2N2O2. The maximum absolute atomic E-state index is 14.2. The Labute approximate surface area is 137 Å². The monoisotopic (exact) mass is 332 g/mol. The molecule has 4 rings (SSSR count). The first-order valence-electron chi connectivity index (χ1n) is 8.12. The number of piperidine rings is 1. The van der Waals surface area contributed by atoms with Crippen molar-refractivity contribution in [3.8, 4) is 11.1 Å². The Balaban J connectivity index is 1.99. The van der Waals surface area contributed by atoms with E-state index in [2.05, 4.69) is 5.32 Å². The normalized spacial score (nSPS) is 22.3. The van der Waals surface area contributed by atoms with E-state index in [-0.39, 0.29) is 22.6 Å². The Morgan fingerprint density at radius 1 is 1.21 bits per heavy atom. The topological polar surface area (TPSA) is 54.3 Å². The number of rotatable bonds is 2. The minimum absolute atomic E-state index is 0.0650. The van der Waals surface area contributed by atoms with Gasteiger partial charge in [0.2, 0.25) is 0 Å². The summed E-state index contributed by atoms with van der Waals surface area (Å²) >= 11 is 0. The van der Waals surface area contributed by atoms with Gasteiger partial charge in [-0.25, -0.2) is 8.78 Å². The number of aliphatic hydroxyl groups excluding tert-OH is 1. The molecule has 0 amide bonds. The van der Waals surface area contributed by atoms with E-state index in [0.29, 0.717) is 12.5 Å². The summed E-state index contributed by atoms with van der Waals surface area (Å²) in [6, 6.07) is 5.25. The van der Waals surface area contributed by atoms with Gasteiger partial charge in [-0.05, 0) is 42.6 Å². The van der Waals surface area contributed by atoms with Gasteiger partial charge in [-0.3, -0.25) is 4.79 Å². The number of hydrogen-bond donors (Lipinski definition) is 2. The zero-order valence-electron chi connectivity index (χ0n) is 13.1. The van der Waals surface area contributed by atoms with Crippen molar-refractivity contribution in [2.75, 3.05) is 13.1 Å². The highest BCUT2D eigenvalue weighted by Gasteiger charge is 2.33. The fourth-order valence-electron chi connectivity index (χ4n) is 4.03. The van der Waals surface area contributed by atoms with Crippen LogP contribution in [-0.2, 0) is 13.2 Å². The summed E-state index contributed by atoms with van der Waals surface area (Å²) < 4.78 is 30.1. The smallest absolute Gasteiger partial charge is 0.259 e. The number of nitrogens with zero attached hydrogens (tertiary/aromatic N) is 1. The van der Waals surface area contributed by atoms with Gasteiger partial charge in [0.25, 0.3) is 5.56 Å². The molecule has 1 fully saturated rings. The van der Waals surface area contributed by atoms with Crippen molar-refractivity contribution in [1.82, 2.24) is 9.88 Å². The minimum atomic E-state index is -0.792. The molecule has 2 N–H and O–H groups in total. The van der Waals surface area contributed by atoms with E-state index < -0.39 is 23.8 Å². The lowest BCUT2D eigenvalue weighted by Crippen LogP contribution is -2.45. The van der Waals surface area contributed by atoms with Crippen LogP contribution in [0.25, 0.3) is 11.1 Å². The zero-order chi connectivity index (χ0) is 16.8. The van der Waals surface area contributed by atoms with Gasteiger partial charge in [-0.1, -0.05) is 6.07 Å². The highest BCUT2D eigenvalue weighted by atomic mass is 19.1. The van der Waals surface area contributed by atoms with Crippen LogP contribution in [0.4, 0.5) is 8.78 Å². The van der Waals surface area contributed by atoms with E-state index in [1.807, 2.05) is 0 Å². The van der Waals surface area contributed by atoms with E-state index in [1.165, 1.54) is 6.07 Å². The molecular weight excluding hydrogens is 314 g/mol.